The molecule has 0 aliphatic heterocycles. The molecule has 0 aromatic heterocycles. The predicted molar refractivity (Wildman–Crippen MR) is 83.1 cm³/mol. The maximum atomic E-state index is 6.27. The molecule has 0 radical (unpaired) electrons. The van der Waals surface area contributed by atoms with E-state index in [-0.39, 0.29) is 0 Å². The van der Waals surface area contributed by atoms with Crippen LogP contribution >= 0.6 is 23.2 Å². The van der Waals surface area contributed by atoms with Gasteiger partial charge in [-0.05, 0) is 54.2 Å². The summed E-state index contributed by atoms with van der Waals surface area (Å²) in [4.78, 5) is 0. The first-order valence-electron chi connectivity index (χ1n) is 7.06. The van der Waals surface area contributed by atoms with Crippen molar-refractivity contribution >= 4 is 28.9 Å². The van der Waals surface area contributed by atoms with E-state index in [1.54, 1.807) is 0 Å². The van der Waals surface area contributed by atoms with Gasteiger partial charge in [-0.1, -0.05) is 44.0 Å². The van der Waals surface area contributed by atoms with Gasteiger partial charge in [-0.2, -0.15) is 0 Å². The van der Waals surface area contributed by atoms with Crippen molar-refractivity contribution < 1.29 is 0 Å². The van der Waals surface area contributed by atoms with Crippen molar-refractivity contribution in [3.05, 3.63) is 28.2 Å². The van der Waals surface area contributed by atoms with E-state index in [4.69, 9.17) is 23.2 Å². The summed E-state index contributed by atoms with van der Waals surface area (Å²) in [5, 5.41) is 5.15. The lowest BCUT2D eigenvalue weighted by atomic mass is 9.69. The van der Waals surface area contributed by atoms with Crippen LogP contribution < -0.4 is 5.32 Å². The van der Waals surface area contributed by atoms with Crippen molar-refractivity contribution in [2.45, 2.75) is 46.1 Å². The van der Waals surface area contributed by atoms with E-state index in [0.29, 0.717) is 16.9 Å². The highest BCUT2D eigenvalue weighted by atomic mass is 35.5. The smallest absolute Gasteiger partial charge is 0.0638 e. The van der Waals surface area contributed by atoms with Crippen molar-refractivity contribution in [2.75, 3.05) is 5.32 Å². The zero-order valence-electron chi connectivity index (χ0n) is 11.8. The highest BCUT2D eigenvalue weighted by molar-refractivity contribution is 6.35. The van der Waals surface area contributed by atoms with Crippen LogP contribution in [0, 0.1) is 16.7 Å². The van der Waals surface area contributed by atoms with Gasteiger partial charge in [-0.15, -0.1) is 0 Å². The number of nitrogens with one attached hydrogen (secondary N) is 1. The molecule has 1 nitrogen and oxygen atoms in total. The molecule has 1 aromatic carbocycles. The van der Waals surface area contributed by atoms with Crippen LogP contribution in [0.15, 0.2) is 18.2 Å². The van der Waals surface area contributed by atoms with Gasteiger partial charge >= 0.3 is 0 Å². The first-order chi connectivity index (χ1) is 8.84. The van der Waals surface area contributed by atoms with E-state index in [2.05, 4.69) is 26.1 Å². The van der Waals surface area contributed by atoms with E-state index in [0.717, 1.165) is 21.7 Å². The highest BCUT2D eigenvalue weighted by Gasteiger charge is 2.61. The molecule has 1 N–H and O–H groups in total. The molecule has 0 heterocycles. The Bertz CT molecular complexity index is 511. The first kappa shape index (κ1) is 13.6. The zero-order chi connectivity index (χ0) is 13.8. The Morgan fingerprint density at radius 2 is 1.95 bits per heavy atom. The molecule has 19 heavy (non-hydrogen) atoms. The second-order valence-corrected chi connectivity index (χ2v) is 7.78. The first-order valence-corrected chi connectivity index (χ1v) is 7.82. The summed E-state index contributed by atoms with van der Waals surface area (Å²) < 4.78 is 0. The van der Waals surface area contributed by atoms with Gasteiger partial charge in [0.25, 0.3) is 0 Å². The van der Waals surface area contributed by atoms with E-state index in [1.807, 2.05) is 18.2 Å². The second kappa shape index (κ2) is 4.30. The highest BCUT2D eigenvalue weighted by Crippen LogP contribution is 2.66. The lowest BCUT2D eigenvalue weighted by molar-refractivity contribution is 0.142. The van der Waals surface area contributed by atoms with Gasteiger partial charge in [-0.25, -0.2) is 0 Å². The fourth-order valence-electron chi connectivity index (χ4n) is 4.22. The van der Waals surface area contributed by atoms with Gasteiger partial charge in [0.2, 0.25) is 0 Å². The summed E-state index contributed by atoms with van der Waals surface area (Å²) in [6, 6.07) is 6.14. The van der Waals surface area contributed by atoms with Crippen molar-refractivity contribution in [1.82, 2.24) is 0 Å². The van der Waals surface area contributed by atoms with Crippen LogP contribution in [0.4, 0.5) is 5.69 Å². The Morgan fingerprint density at radius 1 is 1.21 bits per heavy atom. The Balaban J connectivity index is 1.88. The van der Waals surface area contributed by atoms with Gasteiger partial charge in [0.15, 0.2) is 0 Å². The molecule has 2 bridgehead atoms. The zero-order valence-corrected chi connectivity index (χ0v) is 13.3. The maximum Gasteiger partial charge on any atom is 0.0638 e. The molecule has 0 amide bonds. The van der Waals surface area contributed by atoms with E-state index in [9.17, 15) is 0 Å². The molecule has 3 unspecified atom stereocenters. The average molecular weight is 298 g/mol. The second-order valence-electron chi connectivity index (χ2n) is 6.93. The van der Waals surface area contributed by atoms with Gasteiger partial charge < -0.3 is 5.32 Å². The maximum absolute atomic E-state index is 6.27. The Labute approximate surface area is 125 Å². The molecule has 3 atom stereocenters. The minimum atomic E-state index is 0.351. The van der Waals surface area contributed by atoms with Crippen LogP contribution in [0.2, 0.25) is 10.0 Å². The Kier molecular flexibility index (Phi) is 3.07. The molecule has 104 valence electrons. The normalized spacial score (nSPS) is 35.6. The monoisotopic (exact) mass is 297 g/mol. The molecule has 0 saturated heterocycles. The molecule has 3 heteroatoms. The summed E-state index contributed by atoms with van der Waals surface area (Å²) in [6.07, 6.45) is 3.91. The van der Waals surface area contributed by atoms with Gasteiger partial charge in [0.1, 0.15) is 0 Å². The number of benzene rings is 1. The molecule has 2 aliphatic rings. The number of fused-ring (bicyclic) bond motifs is 2. The lowest BCUT2D eigenvalue weighted by Crippen LogP contribution is -2.40. The molecular weight excluding hydrogens is 277 g/mol. The van der Waals surface area contributed by atoms with Crippen molar-refractivity contribution in [2.24, 2.45) is 16.7 Å². The summed E-state index contributed by atoms with van der Waals surface area (Å²) in [6.45, 7) is 7.27. The third-order valence-corrected chi connectivity index (χ3v) is 6.62. The van der Waals surface area contributed by atoms with Crippen LogP contribution in [-0.2, 0) is 0 Å². The third-order valence-electron chi connectivity index (χ3n) is 6.05. The Hall–Kier alpha value is -0.400. The quantitative estimate of drug-likeness (QED) is 0.747. The molecule has 2 saturated carbocycles. The number of anilines is 1. The van der Waals surface area contributed by atoms with Crippen molar-refractivity contribution in [3.8, 4) is 0 Å². The summed E-state index contributed by atoms with van der Waals surface area (Å²) in [5.41, 5.74) is 1.74. The molecule has 0 spiro atoms. The average Bonchev–Trinajstić information content (AvgIpc) is 2.67. The molecule has 3 rings (SSSR count). The van der Waals surface area contributed by atoms with Crippen LogP contribution in [0.3, 0.4) is 0 Å². The number of hydrogen-bond acceptors (Lipinski definition) is 1. The van der Waals surface area contributed by atoms with E-state index < -0.39 is 0 Å². The summed E-state index contributed by atoms with van der Waals surface area (Å²) in [5.74, 6) is 0.827. The fourth-order valence-corrected chi connectivity index (χ4v) is 4.56. The standard InChI is InChI=1S/C16H21Cl2N/c1-15(2)10-6-7-16(15,3)14(8-10)19-13-9-11(17)4-5-12(13)18/h4-5,9-10,14,19H,6-8H2,1-3H3. The van der Waals surface area contributed by atoms with Crippen LogP contribution in [0.5, 0.6) is 0 Å². The molecule has 1 aromatic rings. The molecular formula is C16H21Cl2N. The molecule has 2 fully saturated rings. The topological polar surface area (TPSA) is 12.0 Å². The van der Waals surface area contributed by atoms with E-state index in [1.165, 1.54) is 19.3 Å². The third kappa shape index (κ3) is 1.89. The molecule has 2 aliphatic carbocycles. The van der Waals surface area contributed by atoms with Crippen molar-refractivity contribution in [3.63, 3.8) is 0 Å². The Morgan fingerprint density at radius 3 is 2.53 bits per heavy atom. The van der Waals surface area contributed by atoms with Gasteiger partial charge in [0.05, 0.1) is 10.7 Å². The van der Waals surface area contributed by atoms with E-state index >= 15 is 0 Å². The minimum absolute atomic E-state index is 0.351. The largest absolute Gasteiger partial charge is 0.380 e. The minimum Gasteiger partial charge on any atom is -0.380 e. The van der Waals surface area contributed by atoms with Crippen LogP contribution in [0.1, 0.15) is 40.0 Å². The van der Waals surface area contributed by atoms with Crippen LogP contribution in [0.25, 0.3) is 0 Å². The van der Waals surface area contributed by atoms with Gasteiger partial charge in [-0.3, -0.25) is 0 Å². The number of halogens is 2. The summed E-state index contributed by atoms with van der Waals surface area (Å²) in [7, 11) is 0. The SMILES string of the molecule is CC1(C)C2CCC1(C)C(Nc1cc(Cl)ccc1Cl)C2. The van der Waals surface area contributed by atoms with Crippen molar-refractivity contribution in [1.29, 1.82) is 0 Å². The number of hydrogen-bond donors (Lipinski definition) is 1. The lowest BCUT2D eigenvalue weighted by Gasteiger charge is -2.40. The fraction of sp³-hybridized carbons (Fsp3) is 0.625. The number of rotatable bonds is 2. The predicted octanol–water partition coefficient (Wildman–Crippen LogP) is 5.62. The van der Waals surface area contributed by atoms with Crippen LogP contribution in [-0.4, -0.2) is 6.04 Å². The van der Waals surface area contributed by atoms with Gasteiger partial charge in [0, 0.05) is 11.1 Å². The summed E-state index contributed by atoms with van der Waals surface area (Å²) >= 11 is 12.3.